The zero-order valence-corrected chi connectivity index (χ0v) is 10.8. The number of carboxylic acids is 1. The van der Waals surface area contributed by atoms with Crippen LogP contribution in [0.5, 0.6) is 0 Å². The zero-order valence-electron chi connectivity index (χ0n) is 10.8. The molecule has 0 saturated heterocycles. The lowest BCUT2D eigenvalue weighted by atomic mass is 10.0. The minimum atomic E-state index is -1.12. The third-order valence-corrected chi connectivity index (χ3v) is 3.03. The van der Waals surface area contributed by atoms with Gasteiger partial charge in [-0.1, -0.05) is 18.2 Å². The molecule has 0 radical (unpaired) electrons. The average molecular weight is 257 g/mol. The molecule has 1 aromatic carbocycles. The third-order valence-electron chi connectivity index (χ3n) is 3.03. The summed E-state index contributed by atoms with van der Waals surface area (Å²) in [5.41, 5.74) is 9.04. The minimum absolute atomic E-state index is 0.00123. The van der Waals surface area contributed by atoms with Gasteiger partial charge in [-0.2, -0.15) is 0 Å². The predicted molar refractivity (Wildman–Crippen MR) is 72.1 cm³/mol. The van der Waals surface area contributed by atoms with Crippen molar-refractivity contribution in [2.24, 2.45) is 0 Å². The van der Waals surface area contributed by atoms with E-state index in [1.165, 1.54) is 17.3 Å². The molecule has 98 valence electrons. The second-order valence-electron chi connectivity index (χ2n) is 4.49. The second-order valence-corrected chi connectivity index (χ2v) is 4.49. The molecule has 1 heterocycles. The number of benzene rings is 1. The lowest BCUT2D eigenvalue weighted by Crippen LogP contribution is -2.08. The topological polar surface area (TPSA) is 89.1 Å². The summed E-state index contributed by atoms with van der Waals surface area (Å²) in [5, 5.41) is 8.85. The van der Waals surface area contributed by atoms with Crippen LogP contribution in [0.2, 0.25) is 0 Å². The van der Waals surface area contributed by atoms with E-state index in [2.05, 4.69) is 23.0 Å². The first-order valence-electron chi connectivity index (χ1n) is 5.88. The minimum Gasteiger partial charge on any atom is -0.477 e. The van der Waals surface area contributed by atoms with Gasteiger partial charge in [-0.05, 0) is 30.5 Å². The summed E-state index contributed by atoms with van der Waals surface area (Å²) in [5.74, 6) is -0.595. The van der Waals surface area contributed by atoms with Gasteiger partial charge in [0, 0.05) is 12.6 Å². The number of hydrogen-bond donors (Lipinski definition) is 2. The Morgan fingerprint density at radius 2 is 2.05 bits per heavy atom. The Labute approximate surface area is 111 Å². The molecule has 2 rings (SSSR count). The van der Waals surface area contributed by atoms with E-state index in [1.54, 1.807) is 0 Å². The van der Waals surface area contributed by atoms with Crippen molar-refractivity contribution in [1.29, 1.82) is 0 Å². The molecule has 0 aliphatic carbocycles. The molecule has 0 fully saturated rings. The van der Waals surface area contributed by atoms with Gasteiger partial charge < -0.3 is 10.8 Å². The van der Waals surface area contributed by atoms with E-state index in [-0.39, 0.29) is 11.4 Å². The molecule has 0 saturated carbocycles. The van der Waals surface area contributed by atoms with Crippen molar-refractivity contribution in [3.8, 4) is 0 Å². The molecule has 0 amide bonds. The quantitative estimate of drug-likeness (QED) is 0.877. The van der Waals surface area contributed by atoms with E-state index < -0.39 is 5.97 Å². The van der Waals surface area contributed by atoms with Crippen LogP contribution in [0.1, 0.15) is 32.9 Å². The van der Waals surface area contributed by atoms with Gasteiger partial charge in [-0.3, -0.25) is 0 Å². The summed E-state index contributed by atoms with van der Waals surface area (Å²) in [4.78, 5) is 18.9. The highest BCUT2D eigenvalue weighted by molar-refractivity contribution is 5.92. The van der Waals surface area contributed by atoms with E-state index in [1.807, 2.05) is 19.1 Å². The number of nitrogens with zero attached hydrogens (tertiary/aromatic N) is 2. The summed E-state index contributed by atoms with van der Waals surface area (Å²) < 4.78 is 0. The Kier molecular flexibility index (Phi) is 3.46. The fraction of sp³-hybridized carbons (Fsp3) is 0.214. The van der Waals surface area contributed by atoms with Crippen LogP contribution in [0.4, 0.5) is 5.82 Å². The summed E-state index contributed by atoms with van der Waals surface area (Å²) in [6.07, 6.45) is 1.78. The summed E-state index contributed by atoms with van der Waals surface area (Å²) in [6, 6.07) is 6.12. The highest BCUT2D eigenvalue weighted by Crippen LogP contribution is 2.14. The van der Waals surface area contributed by atoms with Crippen molar-refractivity contribution in [3.63, 3.8) is 0 Å². The Morgan fingerprint density at radius 1 is 1.32 bits per heavy atom. The molecule has 0 spiro atoms. The number of nitrogens with two attached hydrogens (primary N) is 1. The van der Waals surface area contributed by atoms with Crippen LogP contribution in [-0.2, 0) is 6.42 Å². The van der Waals surface area contributed by atoms with Crippen molar-refractivity contribution in [1.82, 2.24) is 9.97 Å². The van der Waals surface area contributed by atoms with Gasteiger partial charge in [0.15, 0.2) is 0 Å². The maximum Gasteiger partial charge on any atom is 0.341 e. The molecular weight excluding hydrogens is 242 g/mol. The van der Waals surface area contributed by atoms with Crippen LogP contribution >= 0.6 is 0 Å². The van der Waals surface area contributed by atoms with Gasteiger partial charge in [0.05, 0.1) is 0 Å². The smallest absolute Gasteiger partial charge is 0.341 e. The number of carbonyl (C=O) groups is 1. The number of aromatic carboxylic acids is 1. The number of aromatic nitrogens is 2. The second kappa shape index (κ2) is 5.06. The van der Waals surface area contributed by atoms with Gasteiger partial charge in [0.1, 0.15) is 17.2 Å². The van der Waals surface area contributed by atoms with Crippen LogP contribution in [0, 0.1) is 13.8 Å². The first-order valence-corrected chi connectivity index (χ1v) is 5.88. The number of carboxylic acid groups (broad SMARTS) is 1. The largest absolute Gasteiger partial charge is 0.477 e. The van der Waals surface area contributed by atoms with Gasteiger partial charge in [-0.25, -0.2) is 14.8 Å². The zero-order chi connectivity index (χ0) is 14.0. The number of rotatable bonds is 3. The van der Waals surface area contributed by atoms with Crippen LogP contribution in [0.15, 0.2) is 24.4 Å². The Bertz CT molecular complexity index is 639. The monoisotopic (exact) mass is 257 g/mol. The number of aryl methyl sites for hydroxylation is 2. The highest BCUT2D eigenvalue weighted by atomic mass is 16.4. The maximum absolute atomic E-state index is 10.8. The van der Waals surface area contributed by atoms with Crippen molar-refractivity contribution in [2.75, 3.05) is 5.73 Å². The predicted octanol–water partition coefficient (Wildman–Crippen LogP) is 1.96. The molecule has 5 nitrogen and oxygen atoms in total. The average Bonchev–Trinajstić information content (AvgIpc) is 2.33. The van der Waals surface area contributed by atoms with Gasteiger partial charge in [0.25, 0.3) is 0 Å². The van der Waals surface area contributed by atoms with Crippen LogP contribution in [-0.4, -0.2) is 21.0 Å². The molecule has 0 bridgehead atoms. The van der Waals surface area contributed by atoms with Crippen LogP contribution < -0.4 is 5.73 Å². The molecule has 1 aromatic heterocycles. The van der Waals surface area contributed by atoms with Crippen molar-refractivity contribution in [3.05, 3.63) is 52.5 Å². The Balaban J connectivity index is 2.26. The molecule has 2 aromatic rings. The van der Waals surface area contributed by atoms with Gasteiger partial charge in [0.2, 0.25) is 0 Å². The molecule has 0 atom stereocenters. The van der Waals surface area contributed by atoms with E-state index in [0.717, 1.165) is 5.56 Å². The number of anilines is 1. The van der Waals surface area contributed by atoms with Crippen LogP contribution in [0.25, 0.3) is 0 Å². The number of nitrogen functional groups attached to an aromatic ring is 1. The van der Waals surface area contributed by atoms with Gasteiger partial charge in [-0.15, -0.1) is 0 Å². The molecule has 3 N–H and O–H groups in total. The molecule has 5 heteroatoms. The molecule has 0 aliphatic heterocycles. The molecular formula is C14H15N3O2. The molecule has 19 heavy (non-hydrogen) atoms. The first-order chi connectivity index (χ1) is 8.97. The van der Waals surface area contributed by atoms with Crippen molar-refractivity contribution < 1.29 is 9.90 Å². The normalized spacial score (nSPS) is 10.4. The van der Waals surface area contributed by atoms with Crippen LogP contribution in [0.3, 0.4) is 0 Å². The summed E-state index contributed by atoms with van der Waals surface area (Å²) in [7, 11) is 0. The highest BCUT2D eigenvalue weighted by Gasteiger charge is 2.11. The summed E-state index contributed by atoms with van der Waals surface area (Å²) in [6.45, 7) is 4.09. The van der Waals surface area contributed by atoms with E-state index in [0.29, 0.717) is 12.2 Å². The van der Waals surface area contributed by atoms with E-state index in [4.69, 9.17) is 10.8 Å². The van der Waals surface area contributed by atoms with E-state index >= 15 is 0 Å². The SMILES string of the molecule is Cc1ccc(Cc2ncc(C(=O)O)c(N)n2)cc1C. The van der Waals surface area contributed by atoms with E-state index in [9.17, 15) is 4.79 Å². The molecule has 0 aliphatic rings. The molecule has 0 unspecified atom stereocenters. The Hall–Kier alpha value is -2.43. The standard InChI is InChI=1S/C14H15N3O2/c1-8-3-4-10(5-9(8)2)6-12-16-7-11(14(18)19)13(15)17-12/h3-5,7H,6H2,1-2H3,(H,18,19)(H2,15,16,17). The van der Waals surface area contributed by atoms with Crippen molar-refractivity contribution in [2.45, 2.75) is 20.3 Å². The fourth-order valence-corrected chi connectivity index (χ4v) is 1.78. The third kappa shape index (κ3) is 2.88. The van der Waals surface area contributed by atoms with Gasteiger partial charge >= 0.3 is 5.97 Å². The maximum atomic E-state index is 10.8. The first kappa shape index (κ1) is 13.0. The fourth-order valence-electron chi connectivity index (χ4n) is 1.78. The lowest BCUT2D eigenvalue weighted by Gasteiger charge is -2.06. The van der Waals surface area contributed by atoms with Crippen molar-refractivity contribution >= 4 is 11.8 Å². The Morgan fingerprint density at radius 3 is 2.63 bits per heavy atom. The number of hydrogen-bond acceptors (Lipinski definition) is 4. The lowest BCUT2D eigenvalue weighted by molar-refractivity contribution is 0.0697. The summed E-state index contributed by atoms with van der Waals surface area (Å²) >= 11 is 0.